The average Bonchev–Trinajstić information content (AvgIpc) is 3.88. The number of piperidine rings is 1. The van der Waals surface area contributed by atoms with Crippen molar-refractivity contribution in [1.29, 1.82) is 0 Å². The van der Waals surface area contributed by atoms with Gasteiger partial charge in [0.25, 0.3) is 6.47 Å². The van der Waals surface area contributed by atoms with Crippen LogP contribution in [0.25, 0.3) is 11.3 Å². The van der Waals surface area contributed by atoms with Gasteiger partial charge in [0.05, 0.1) is 36.9 Å². The zero-order chi connectivity index (χ0) is 37.7. The second-order valence-corrected chi connectivity index (χ2v) is 15.0. The Balaban J connectivity index is 0.00000155. The number of carbonyl (C=O) groups is 2. The van der Waals surface area contributed by atoms with Crippen LogP contribution in [0.15, 0.2) is 61.1 Å². The Labute approximate surface area is 309 Å². The zero-order valence-electron chi connectivity index (χ0n) is 31.4. The van der Waals surface area contributed by atoms with Gasteiger partial charge in [-0.2, -0.15) is 10.2 Å². The molecular weight excluding hydrogens is 674 g/mol. The van der Waals surface area contributed by atoms with Gasteiger partial charge in [-0.05, 0) is 76.4 Å². The summed E-state index contributed by atoms with van der Waals surface area (Å²) in [6.07, 6.45) is 10.6. The number of likely N-dealkylation sites (N-methyl/N-ethyl adjacent to an activating group) is 1. The third-order valence-electron chi connectivity index (χ3n) is 9.80. The first kappa shape index (κ1) is 37.3. The molecule has 3 N–H and O–H groups in total. The fourth-order valence-corrected chi connectivity index (χ4v) is 6.94. The normalized spacial score (nSPS) is 18.6. The highest BCUT2D eigenvalue weighted by molar-refractivity contribution is 5.89. The number of benzene rings is 1. The minimum atomic E-state index is -0.289. The van der Waals surface area contributed by atoms with E-state index < -0.39 is 0 Å². The maximum atomic E-state index is 13.6. The summed E-state index contributed by atoms with van der Waals surface area (Å²) in [4.78, 5) is 26.5. The van der Waals surface area contributed by atoms with Crippen LogP contribution in [-0.4, -0.2) is 89.9 Å². The molecule has 7 rings (SSSR count). The number of ether oxygens (including phenoxy) is 1. The monoisotopic (exact) mass is 725 g/mol. The van der Waals surface area contributed by atoms with Crippen molar-refractivity contribution in [2.75, 3.05) is 37.4 Å². The minimum Gasteiger partial charge on any atom is -0.484 e. The number of anilines is 2. The summed E-state index contributed by atoms with van der Waals surface area (Å²) in [6.45, 7) is 10.9. The number of hydrogen-bond donors (Lipinski definition) is 3. The van der Waals surface area contributed by atoms with Crippen LogP contribution in [0.3, 0.4) is 0 Å². The van der Waals surface area contributed by atoms with E-state index in [1.54, 1.807) is 10.9 Å². The molecule has 15 heteroatoms. The lowest BCUT2D eigenvalue weighted by molar-refractivity contribution is -0.122. The van der Waals surface area contributed by atoms with Gasteiger partial charge in [-0.3, -0.25) is 19.2 Å². The molecule has 2 amide bonds. The molecule has 0 spiro atoms. The van der Waals surface area contributed by atoms with Gasteiger partial charge in [0, 0.05) is 30.6 Å². The summed E-state index contributed by atoms with van der Waals surface area (Å²) in [5, 5.41) is 31.6. The van der Waals surface area contributed by atoms with Gasteiger partial charge < -0.3 is 25.0 Å². The third-order valence-corrected chi connectivity index (χ3v) is 9.80. The van der Waals surface area contributed by atoms with Crippen molar-refractivity contribution >= 4 is 29.9 Å². The van der Waals surface area contributed by atoms with E-state index >= 15 is 0 Å². The molecule has 1 fully saturated rings. The van der Waals surface area contributed by atoms with Crippen molar-refractivity contribution in [2.24, 2.45) is 0 Å². The number of amides is 2. The van der Waals surface area contributed by atoms with Gasteiger partial charge >= 0.3 is 6.03 Å². The maximum absolute atomic E-state index is 13.6. The van der Waals surface area contributed by atoms with E-state index in [1.807, 2.05) is 65.9 Å². The van der Waals surface area contributed by atoms with Crippen LogP contribution < -0.4 is 20.3 Å². The van der Waals surface area contributed by atoms with Crippen molar-refractivity contribution in [3.8, 4) is 11.4 Å². The highest BCUT2D eigenvalue weighted by Gasteiger charge is 2.31. The van der Waals surface area contributed by atoms with Gasteiger partial charge in [-0.25, -0.2) is 9.48 Å². The standard InChI is InChI=1S/C37H49N11O2.CH2O2/c1-25-11-9-10-18-46(25)36-42-41-33-17-14-27(24-47(33)36)50-31-16-15-30(28-12-7-8-13-29(28)31)39-35(49)40-34-21-32(37(2,3)4)43-48(34)26-22-38-45(23-26)20-19-44(5)6;2-1-3/h7-8,12-14,17,21-25,30-31H,9-11,15-16,18-20H2,1-6H3,(H2,39,40,49);1H,(H,2,3)/t25-,30-,31+;/m0./s1. The molecule has 0 unspecified atom stereocenters. The van der Waals surface area contributed by atoms with E-state index in [0.29, 0.717) is 11.9 Å². The lowest BCUT2D eigenvalue weighted by Crippen LogP contribution is -2.38. The Morgan fingerprint density at radius 1 is 1.06 bits per heavy atom. The predicted octanol–water partition coefficient (Wildman–Crippen LogP) is 5.83. The second-order valence-electron chi connectivity index (χ2n) is 15.0. The van der Waals surface area contributed by atoms with Crippen LogP contribution in [0.5, 0.6) is 5.75 Å². The number of hydrogen-bond acceptors (Lipinski definition) is 9. The summed E-state index contributed by atoms with van der Waals surface area (Å²) in [6, 6.07) is 14.1. The Morgan fingerprint density at radius 2 is 1.83 bits per heavy atom. The van der Waals surface area contributed by atoms with Gasteiger partial charge in [-0.1, -0.05) is 45.0 Å². The summed E-state index contributed by atoms with van der Waals surface area (Å²) < 4.78 is 12.4. The molecular formula is C38H51N11O4. The first-order chi connectivity index (χ1) is 25.4. The highest BCUT2D eigenvalue weighted by Crippen LogP contribution is 2.39. The van der Waals surface area contributed by atoms with E-state index in [2.05, 4.69) is 75.6 Å². The van der Waals surface area contributed by atoms with E-state index in [0.717, 1.165) is 85.2 Å². The second kappa shape index (κ2) is 16.1. The fourth-order valence-electron chi connectivity index (χ4n) is 6.94. The topological polar surface area (TPSA) is 160 Å². The van der Waals surface area contributed by atoms with E-state index in [-0.39, 0.29) is 30.1 Å². The average molecular weight is 726 g/mol. The van der Waals surface area contributed by atoms with Crippen molar-refractivity contribution in [2.45, 2.75) is 89.9 Å². The Kier molecular flexibility index (Phi) is 11.3. The summed E-state index contributed by atoms with van der Waals surface area (Å²) in [7, 11) is 4.08. The highest BCUT2D eigenvalue weighted by atomic mass is 16.5. The van der Waals surface area contributed by atoms with E-state index in [1.165, 1.54) is 6.42 Å². The van der Waals surface area contributed by atoms with Crippen LogP contribution in [0.2, 0.25) is 0 Å². The number of rotatable bonds is 9. The molecule has 0 radical (unpaired) electrons. The number of pyridine rings is 1. The molecule has 0 bridgehead atoms. The van der Waals surface area contributed by atoms with Gasteiger partial charge in [0.15, 0.2) is 5.65 Å². The molecule has 0 saturated carbocycles. The molecule has 53 heavy (non-hydrogen) atoms. The molecule has 1 aliphatic heterocycles. The van der Waals surface area contributed by atoms with Crippen molar-refractivity contribution in [3.63, 3.8) is 0 Å². The van der Waals surface area contributed by atoms with E-state index in [4.69, 9.17) is 19.7 Å². The number of nitrogens with zero attached hydrogens (tertiary/aromatic N) is 9. The number of carboxylic acid groups (broad SMARTS) is 1. The molecule has 1 saturated heterocycles. The van der Waals surface area contributed by atoms with Crippen LogP contribution in [-0.2, 0) is 16.8 Å². The number of nitrogens with one attached hydrogen (secondary N) is 2. The maximum Gasteiger partial charge on any atom is 0.320 e. The van der Waals surface area contributed by atoms with Crippen LogP contribution in [0.1, 0.15) is 88.8 Å². The molecule has 282 valence electrons. The van der Waals surface area contributed by atoms with Crippen LogP contribution in [0.4, 0.5) is 16.6 Å². The smallest absolute Gasteiger partial charge is 0.320 e. The number of carbonyl (C=O) groups excluding carboxylic acids is 1. The summed E-state index contributed by atoms with van der Waals surface area (Å²) in [5.74, 6) is 2.22. The third kappa shape index (κ3) is 8.62. The summed E-state index contributed by atoms with van der Waals surface area (Å²) in [5.41, 5.74) is 4.39. The Hall–Kier alpha value is -5.44. The number of urea groups is 1. The molecule has 1 aromatic carbocycles. The van der Waals surface area contributed by atoms with Crippen LogP contribution in [0, 0.1) is 0 Å². The van der Waals surface area contributed by atoms with E-state index in [9.17, 15) is 4.79 Å². The number of fused-ring (bicyclic) bond motifs is 2. The summed E-state index contributed by atoms with van der Waals surface area (Å²) >= 11 is 0. The van der Waals surface area contributed by atoms with Crippen LogP contribution >= 0.6 is 0 Å². The zero-order valence-corrected chi connectivity index (χ0v) is 31.4. The quantitative estimate of drug-likeness (QED) is 0.158. The molecule has 5 aromatic rings. The SMILES string of the molecule is C[C@H]1CCCCN1c1nnc2ccc(O[C@@H]3CC[C@H](NC(=O)Nc4cc(C(C)(C)C)nn4-c4cnn(CCN(C)C)c4)c4ccccc43)cn12.O=CO. The Morgan fingerprint density at radius 3 is 2.57 bits per heavy atom. The fraction of sp³-hybridized carbons (Fsp3) is 0.474. The van der Waals surface area contributed by atoms with Crippen molar-refractivity contribution in [1.82, 2.24) is 44.4 Å². The molecule has 4 aromatic heterocycles. The van der Waals surface area contributed by atoms with Gasteiger partial charge in [0.2, 0.25) is 5.95 Å². The molecule has 5 heterocycles. The Bertz CT molecular complexity index is 2010. The first-order valence-electron chi connectivity index (χ1n) is 18.3. The van der Waals surface area contributed by atoms with Gasteiger partial charge in [-0.15, -0.1) is 10.2 Å². The van der Waals surface area contributed by atoms with Gasteiger partial charge in [0.1, 0.15) is 23.4 Å². The first-order valence-corrected chi connectivity index (χ1v) is 18.3. The number of aromatic nitrogens is 7. The minimum absolute atomic E-state index is 0.154. The molecule has 2 aliphatic rings. The largest absolute Gasteiger partial charge is 0.484 e. The predicted molar refractivity (Wildman–Crippen MR) is 203 cm³/mol. The molecule has 15 nitrogen and oxygen atoms in total. The lowest BCUT2D eigenvalue weighted by atomic mass is 9.85. The lowest BCUT2D eigenvalue weighted by Gasteiger charge is -2.33. The molecule has 3 atom stereocenters. The molecule has 1 aliphatic carbocycles. The van der Waals surface area contributed by atoms with Crippen molar-refractivity contribution < 1.29 is 19.4 Å². The van der Waals surface area contributed by atoms with Crippen molar-refractivity contribution in [3.05, 3.63) is 77.9 Å².